The van der Waals surface area contributed by atoms with Crippen molar-refractivity contribution in [3.05, 3.63) is 63.8 Å². The SMILES string of the molecule is Cc1cccc2c(Nc3ccc(Cl)cc3Cl)ncc(C(=O)N3CCCCC3)c12. The van der Waals surface area contributed by atoms with Gasteiger partial charge in [0.2, 0.25) is 0 Å². The zero-order valence-electron chi connectivity index (χ0n) is 15.6. The molecule has 1 aliphatic heterocycles. The topological polar surface area (TPSA) is 45.2 Å². The molecule has 0 saturated carbocycles. The van der Waals surface area contributed by atoms with Crippen LogP contribution < -0.4 is 5.32 Å². The fourth-order valence-corrected chi connectivity index (χ4v) is 4.19. The summed E-state index contributed by atoms with van der Waals surface area (Å²) in [5.41, 5.74) is 2.42. The fraction of sp³-hybridized carbons (Fsp3) is 0.273. The Morgan fingerprint density at radius 3 is 2.64 bits per heavy atom. The molecule has 1 N–H and O–H groups in total. The van der Waals surface area contributed by atoms with Crippen LogP contribution in [0.15, 0.2) is 42.6 Å². The van der Waals surface area contributed by atoms with Crippen molar-refractivity contribution in [2.24, 2.45) is 0 Å². The van der Waals surface area contributed by atoms with Crippen molar-refractivity contribution in [1.82, 2.24) is 9.88 Å². The van der Waals surface area contributed by atoms with Crippen molar-refractivity contribution >= 4 is 51.4 Å². The van der Waals surface area contributed by atoms with E-state index in [1.54, 1.807) is 18.3 Å². The van der Waals surface area contributed by atoms with E-state index in [0.717, 1.165) is 48.0 Å². The molecule has 2 aromatic carbocycles. The molecule has 0 aliphatic carbocycles. The molecule has 1 aromatic heterocycles. The third-order valence-corrected chi connectivity index (χ3v) is 5.73. The number of hydrogen-bond acceptors (Lipinski definition) is 3. The average Bonchev–Trinajstić information content (AvgIpc) is 2.70. The number of benzene rings is 2. The zero-order chi connectivity index (χ0) is 19.7. The Morgan fingerprint density at radius 2 is 1.89 bits per heavy atom. The van der Waals surface area contributed by atoms with Crippen LogP contribution in [0.4, 0.5) is 11.5 Å². The Labute approximate surface area is 174 Å². The Balaban J connectivity index is 1.78. The maximum Gasteiger partial charge on any atom is 0.256 e. The summed E-state index contributed by atoms with van der Waals surface area (Å²) in [6.07, 6.45) is 4.99. The predicted molar refractivity (Wildman–Crippen MR) is 116 cm³/mol. The number of hydrogen-bond donors (Lipinski definition) is 1. The highest BCUT2D eigenvalue weighted by Gasteiger charge is 2.22. The number of anilines is 2. The normalized spacial score (nSPS) is 14.3. The number of carbonyl (C=O) groups is 1. The fourth-order valence-electron chi connectivity index (χ4n) is 3.73. The number of piperidine rings is 1. The highest BCUT2D eigenvalue weighted by molar-refractivity contribution is 6.36. The summed E-state index contributed by atoms with van der Waals surface area (Å²) >= 11 is 12.3. The first-order chi connectivity index (χ1) is 13.5. The second-order valence-electron chi connectivity index (χ2n) is 7.12. The molecule has 0 radical (unpaired) electrons. The van der Waals surface area contributed by atoms with Gasteiger partial charge in [-0.25, -0.2) is 4.98 Å². The first-order valence-corrected chi connectivity index (χ1v) is 10.2. The van der Waals surface area contributed by atoms with Crippen LogP contribution in [0.25, 0.3) is 10.8 Å². The molecule has 1 aliphatic rings. The van der Waals surface area contributed by atoms with E-state index >= 15 is 0 Å². The largest absolute Gasteiger partial charge is 0.339 e. The van der Waals surface area contributed by atoms with Crippen LogP contribution in [0.3, 0.4) is 0 Å². The molecule has 1 amide bonds. The molecular formula is C22H21Cl2N3O. The van der Waals surface area contributed by atoms with Gasteiger partial charge in [-0.2, -0.15) is 0 Å². The molecule has 28 heavy (non-hydrogen) atoms. The molecule has 1 fully saturated rings. The van der Waals surface area contributed by atoms with Crippen LogP contribution in [0.2, 0.25) is 10.0 Å². The van der Waals surface area contributed by atoms with Gasteiger partial charge in [0.15, 0.2) is 0 Å². The van der Waals surface area contributed by atoms with Crippen molar-refractivity contribution in [2.75, 3.05) is 18.4 Å². The third-order valence-electron chi connectivity index (χ3n) is 5.18. The molecule has 0 unspecified atom stereocenters. The van der Waals surface area contributed by atoms with Gasteiger partial charge in [0, 0.05) is 35.1 Å². The monoisotopic (exact) mass is 413 g/mol. The van der Waals surface area contributed by atoms with Crippen LogP contribution in [-0.4, -0.2) is 28.9 Å². The van der Waals surface area contributed by atoms with E-state index in [1.165, 1.54) is 6.42 Å². The van der Waals surface area contributed by atoms with Crippen LogP contribution in [-0.2, 0) is 0 Å². The standard InChI is InChI=1S/C22H21Cl2N3O/c1-14-6-5-7-16-20(14)17(22(28)27-10-3-2-4-11-27)13-25-21(16)26-19-9-8-15(23)12-18(19)24/h5-9,12-13H,2-4,10-11H2,1H3,(H,25,26). The van der Waals surface area contributed by atoms with Crippen molar-refractivity contribution in [2.45, 2.75) is 26.2 Å². The van der Waals surface area contributed by atoms with E-state index < -0.39 is 0 Å². The minimum absolute atomic E-state index is 0.0579. The van der Waals surface area contributed by atoms with Gasteiger partial charge in [-0.05, 0) is 49.9 Å². The summed E-state index contributed by atoms with van der Waals surface area (Å²) < 4.78 is 0. The molecule has 144 valence electrons. The van der Waals surface area contributed by atoms with Crippen LogP contribution in [0.5, 0.6) is 0 Å². The predicted octanol–water partition coefficient (Wildman–Crippen LogP) is 6.22. The van der Waals surface area contributed by atoms with Gasteiger partial charge in [-0.3, -0.25) is 4.79 Å². The summed E-state index contributed by atoms with van der Waals surface area (Å²) in [5.74, 6) is 0.723. The lowest BCUT2D eigenvalue weighted by atomic mass is 10.00. The number of amides is 1. The second kappa shape index (κ2) is 7.98. The minimum atomic E-state index is 0.0579. The number of nitrogens with zero attached hydrogens (tertiary/aromatic N) is 2. The van der Waals surface area contributed by atoms with Crippen molar-refractivity contribution < 1.29 is 4.79 Å². The van der Waals surface area contributed by atoms with E-state index in [0.29, 0.717) is 21.4 Å². The number of aryl methyl sites for hydroxylation is 1. The summed E-state index contributed by atoms with van der Waals surface area (Å²) in [4.78, 5) is 19.7. The number of halogens is 2. The lowest BCUT2D eigenvalue weighted by Crippen LogP contribution is -2.35. The summed E-state index contributed by atoms with van der Waals surface area (Å²) in [6, 6.07) is 11.3. The minimum Gasteiger partial charge on any atom is -0.339 e. The Kier molecular flexibility index (Phi) is 5.42. The molecule has 0 atom stereocenters. The van der Waals surface area contributed by atoms with Gasteiger partial charge < -0.3 is 10.2 Å². The van der Waals surface area contributed by atoms with Crippen LogP contribution in [0.1, 0.15) is 35.2 Å². The lowest BCUT2D eigenvalue weighted by Gasteiger charge is -2.27. The van der Waals surface area contributed by atoms with Gasteiger partial charge in [-0.15, -0.1) is 0 Å². The summed E-state index contributed by atoms with van der Waals surface area (Å²) in [7, 11) is 0. The highest BCUT2D eigenvalue weighted by Crippen LogP contribution is 2.33. The highest BCUT2D eigenvalue weighted by atomic mass is 35.5. The zero-order valence-corrected chi connectivity index (χ0v) is 17.1. The average molecular weight is 414 g/mol. The Hall–Kier alpha value is -2.30. The van der Waals surface area contributed by atoms with E-state index in [-0.39, 0.29) is 5.91 Å². The molecule has 4 rings (SSSR count). The number of carbonyl (C=O) groups excluding carboxylic acids is 1. The number of pyridine rings is 1. The smallest absolute Gasteiger partial charge is 0.256 e. The molecule has 0 spiro atoms. The molecule has 4 nitrogen and oxygen atoms in total. The molecular weight excluding hydrogens is 393 g/mol. The Morgan fingerprint density at radius 1 is 1.11 bits per heavy atom. The van der Waals surface area contributed by atoms with Crippen molar-refractivity contribution in [1.29, 1.82) is 0 Å². The summed E-state index contributed by atoms with van der Waals surface area (Å²) in [6.45, 7) is 3.65. The first-order valence-electron chi connectivity index (χ1n) is 9.44. The van der Waals surface area contributed by atoms with Crippen molar-refractivity contribution in [3.63, 3.8) is 0 Å². The molecule has 0 bridgehead atoms. The quantitative estimate of drug-likeness (QED) is 0.554. The molecule has 6 heteroatoms. The molecule has 1 saturated heterocycles. The van der Waals surface area contributed by atoms with Gasteiger partial charge >= 0.3 is 0 Å². The Bertz CT molecular complexity index is 1050. The number of nitrogens with one attached hydrogen (secondary N) is 1. The molecule has 3 aromatic rings. The third kappa shape index (κ3) is 3.67. The van der Waals surface area contributed by atoms with Gasteiger partial charge in [0.1, 0.15) is 5.82 Å². The van der Waals surface area contributed by atoms with Gasteiger partial charge in [0.05, 0.1) is 16.3 Å². The van der Waals surface area contributed by atoms with E-state index in [2.05, 4.69) is 10.3 Å². The van der Waals surface area contributed by atoms with Gasteiger partial charge in [-0.1, -0.05) is 41.4 Å². The van der Waals surface area contributed by atoms with Crippen molar-refractivity contribution in [3.8, 4) is 0 Å². The van der Waals surface area contributed by atoms with Crippen LogP contribution >= 0.6 is 23.2 Å². The van der Waals surface area contributed by atoms with E-state index in [4.69, 9.17) is 23.2 Å². The van der Waals surface area contributed by atoms with E-state index in [1.807, 2.05) is 36.1 Å². The first kappa shape index (κ1) is 19.0. The number of rotatable bonds is 3. The van der Waals surface area contributed by atoms with Gasteiger partial charge in [0.25, 0.3) is 5.91 Å². The molecule has 2 heterocycles. The maximum atomic E-state index is 13.2. The second-order valence-corrected chi connectivity index (χ2v) is 7.96. The number of fused-ring (bicyclic) bond motifs is 1. The van der Waals surface area contributed by atoms with E-state index in [9.17, 15) is 4.79 Å². The van der Waals surface area contributed by atoms with Crippen LogP contribution in [0, 0.1) is 6.92 Å². The number of aromatic nitrogens is 1. The lowest BCUT2D eigenvalue weighted by molar-refractivity contribution is 0.0726. The number of likely N-dealkylation sites (tertiary alicyclic amines) is 1. The maximum absolute atomic E-state index is 13.2. The summed E-state index contributed by atoms with van der Waals surface area (Å²) in [5, 5.41) is 6.21.